The van der Waals surface area contributed by atoms with Crippen molar-refractivity contribution in [1.29, 1.82) is 0 Å². The molecule has 7 nitrogen and oxygen atoms in total. The summed E-state index contributed by atoms with van der Waals surface area (Å²) in [4.78, 5) is 26.4. The van der Waals surface area contributed by atoms with Gasteiger partial charge in [0.2, 0.25) is 5.91 Å². The van der Waals surface area contributed by atoms with Crippen LogP contribution in [0.5, 0.6) is 5.75 Å². The van der Waals surface area contributed by atoms with Crippen LogP contribution in [0, 0.1) is 6.92 Å². The molecule has 4 rings (SSSR count). The SMILES string of the molecule is COc1cc(NC(=O)CCCCCN2CCN(c3ccccn3)CC2)c2nccc(C)c2c1. The molecule has 174 valence electrons. The van der Waals surface area contributed by atoms with Gasteiger partial charge in [0.1, 0.15) is 11.6 Å². The van der Waals surface area contributed by atoms with Gasteiger partial charge in [0, 0.05) is 56.4 Å². The molecule has 1 aliphatic heterocycles. The first kappa shape index (κ1) is 23.0. The van der Waals surface area contributed by atoms with Crippen LogP contribution >= 0.6 is 0 Å². The van der Waals surface area contributed by atoms with Crippen LogP contribution in [-0.4, -0.2) is 60.6 Å². The lowest BCUT2D eigenvalue weighted by molar-refractivity contribution is -0.116. The summed E-state index contributed by atoms with van der Waals surface area (Å²) in [5.41, 5.74) is 2.62. The van der Waals surface area contributed by atoms with Crippen LogP contribution in [0.3, 0.4) is 0 Å². The number of carbonyl (C=O) groups excluding carboxylic acids is 1. The van der Waals surface area contributed by atoms with Crippen molar-refractivity contribution in [2.75, 3.05) is 50.1 Å². The summed E-state index contributed by atoms with van der Waals surface area (Å²) in [6.07, 6.45) is 7.18. The number of benzene rings is 1. The predicted molar refractivity (Wildman–Crippen MR) is 133 cm³/mol. The highest BCUT2D eigenvalue weighted by molar-refractivity contribution is 6.01. The second-order valence-corrected chi connectivity index (χ2v) is 8.57. The van der Waals surface area contributed by atoms with E-state index >= 15 is 0 Å². The van der Waals surface area contributed by atoms with Crippen LogP contribution in [0.2, 0.25) is 0 Å². The average molecular weight is 448 g/mol. The van der Waals surface area contributed by atoms with E-state index in [-0.39, 0.29) is 5.91 Å². The van der Waals surface area contributed by atoms with Crippen molar-refractivity contribution >= 4 is 28.3 Å². The Hall–Kier alpha value is -3.19. The Kier molecular flexibility index (Phi) is 7.73. The quantitative estimate of drug-likeness (QED) is 0.494. The third-order valence-corrected chi connectivity index (χ3v) is 6.27. The molecule has 3 aromatic rings. The fraction of sp³-hybridized carbons (Fsp3) is 0.423. The van der Waals surface area contributed by atoms with Crippen molar-refractivity contribution in [2.24, 2.45) is 0 Å². The van der Waals surface area contributed by atoms with Gasteiger partial charge in [-0.15, -0.1) is 0 Å². The molecule has 7 heteroatoms. The molecule has 0 atom stereocenters. The predicted octanol–water partition coefficient (Wildman–Crippen LogP) is 4.27. The van der Waals surface area contributed by atoms with E-state index in [4.69, 9.17) is 4.74 Å². The first-order chi connectivity index (χ1) is 16.1. The number of pyridine rings is 2. The Morgan fingerprint density at radius 3 is 2.64 bits per heavy atom. The minimum atomic E-state index is 0.0248. The first-order valence-corrected chi connectivity index (χ1v) is 11.8. The maximum atomic E-state index is 12.6. The Morgan fingerprint density at radius 2 is 1.88 bits per heavy atom. The summed E-state index contributed by atoms with van der Waals surface area (Å²) >= 11 is 0. The number of amides is 1. The highest BCUT2D eigenvalue weighted by Crippen LogP contribution is 2.30. The number of nitrogens with zero attached hydrogens (tertiary/aromatic N) is 4. The maximum absolute atomic E-state index is 12.6. The summed E-state index contributed by atoms with van der Waals surface area (Å²) in [6, 6.07) is 11.8. The molecule has 1 aliphatic rings. The summed E-state index contributed by atoms with van der Waals surface area (Å²) in [5, 5.41) is 4.04. The number of rotatable bonds is 9. The molecule has 0 radical (unpaired) electrons. The van der Waals surface area contributed by atoms with E-state index in [1.807, 2.05) is 43.5 Å². The Balaban J connectivity index is 1.18. The van der Waals surface area contributed by atoms with Crippen molar-refractivity contribution in [3.63, 3.8) is 0 Å². The highest BCUT2D eigenvalue weighted by Gasteiger charge is 2.17. The number of anilines is 2. The van der Waals surface area contributed by atoms with Gasteiger partial charge in [-0.3, -0.25) is 14.7 Å². The fourth-order valence-corrected chi connectivity index (χ4v) is 4.33. The number of piperazine rings is 1. The van der Waals surface area contributed by atoms with Gasteiger partial charge in [-0.2, -0.15) is 0 Å². The number of unbranched alkanes of at least 4 members (excludes halogenated alkanes) is 2. The number of aromatic nitrogens is 2. The van der Waals surface area contributed by atoms with Crippen molar-refractivity contribution < 1.29 is 9.53 Å². The highest BCUT2D eigenvalue weighted by atomic mass is 16.5. The Morgan fingerprint density at radius 1 is 1.03 bits per heavy atom. The fourth-order valence-electron chi connectivity index (χ4n) is 4.33. The van der Waals surface area contributed by atoms with Crippen LogP contribution in [-0.2, 0) is 4.79 Å². The zero-order chi connectivity index (χ0) is 23.0. The van der Waals surface area contributed by atoms with E-state index in [1.165, 1.54) is 0 Å². The van der Waals surface area contributed by atoms with E-state index in [2.05, 4.69) is 31.2 Å². The maximum Gasteiger partial charge on any atom is 0.224 e. The lowest BCUT2D eigenvalue weighted by atomic mass is 10.1. The van der Waals surface area contributed by atoms with Gasteiger partial charge in [0.05, 0.1) is 18.3 Å². The molecule has 1 aromatic carbocycles. The zero-order valence-corrected chi connectivity index (χ0v) is 19.6. The van der Waals surface area contributed by atoms with Crippen molar-refractivity contribution in [3.05, 3.63) is 54.4 Å². The summed E-state index contributed by atoms with van der Waals surface area (Å²) in [5.74, 6) is 1.81. The number of nitrogens with one attached hydrogen (secondary N) is 1. The standard InChI is InChI=1S/C26H33N5O2/c1-20-10-12-28-26-22(20)18-21(33-2)19-23(26)29-25(32)9-4-3-7-13-30-14-16-31(17-15-30)24-8-5-6-11-27-24/h5-6,8,10-12,18-19H,3-4,7,9,13-17H2,1-2H3,(H,29,32). The molecule has 3 heterocycles. The van der Waals surface area contributed by atoms with E-state index < -0.39 is 0 Å². The van der Waals surface area contributed by atoms with Gasteiger partial charge < -0.3 is 15.0 Å². The number of fused-ring (bicyclic) bond motifs is 1. The van der Waals surface area contributed by atoms with E-state index in [9.17, 15) is 4.79 Å². The van der Waals surface area contributed by atoms with Crippen LogP contribution in [0.4, 0.5) is 11.5 Å². The Labute approximate surface area is 195 Å². The van der Waals surface area contributed by atoms with Gasteiger partial charge in [0.25, 0.3) is 0 Å². The molecule has 0 unspecified atom stereocenters. The molecule has 1 fully saturated rings. The monoisotopic (exact) mass is 447 g/mol. The Bertz CT molecular complexity index is 1060. The minimum Gasteiger partial charge on any atom is -0.497 e. The average Bonchev–Trinajstić information content (AvgIpc) is 2.85. The molecule has 0 aliphatic carbocycles. The number of methoxy groups -OCH3 is 1. The largest absolute Gasteiger partial charge is 0.497 e. The minimum absolute atomic E-state index is 0.0248. The third-order valence-electron chi connectivity index (χ3n) is 6.27. The molecule has 0 spiro atoms. The first-order valence-electron chi connectivity index (χ1n) is 11.8. The lowest BCUT2D eigenvalue weighted by Crippen LogP contribution is -2.46. The molecular formula is C26H33N5O2. The number of carbonyl (C=O) groups is 1. The van der Waals surface area contributed by atoms with E-state index in [0.29, 0.717) is 12.1 Å². The van der Waals surface area contributed by atoms with Crippen LogP contribution < -0.4 is 15.0 Å². The normalized spacial score (nSPS) is 14.4. The van der Waals surface area contributed by atoms with E-state index in [1.54, 1.807) is 13.3 Å². The van der Waals surface area contributed by atoms with Crippen LogP contribution in [0.25, 0.3) is 10.9 Å². The third kappa shape index (κ3) is 5.99. The number of hydrogen-bond donors (Lipinski definition) is 1. The van der Waals surface area contributed by atoms with Crippen molar-refractivity contribution in [3.8, 4) is 5.75 Å². The molecule has 1 saturated heterocycles. The molecule has 2 aromatic heterocycles. The van der Waals surface area contributed by atoms with Gasteiger partial charge in [-0.25, -0.2) is 4.98 Å². The molecule has 1 amide bonds. The van der Waals surface area contributed by atoms with Gasteiger partial charge in [-0.05, 0) is 56.1 Å². The molecule has 0 bridgehead atoms. The smallest absolute Gasteiger partial charge is 0.224 e. The van der Waals surface area contributed by atoms with Crippen molar-refractivity contribution in [2.45, 2.75) is 32.6 Å². The molecule has 33 heavy (non-hydrogen) atoms. The second kappa shape index (κ2) is 11.1. The molecule has 0 saturated carbocycles. The van der Waals surface area contributed by atoms with Gasteiger partial charge >= 0.3 is 0 Å². The molecular weight excluding hydrogens is 414 g/mol. The number of aryl methyl sites for hydroxylation is 1. The number of ether oxygens (including phenoxy) is 1. The second-order valence-electron chi connectivity index (χ2n) is 8.57. The molecule has 1 N–H and O–H groups in total. The van der Waals surface area contributed by atoms with Crippen LogP contribution in [0.1, 0.15) is 31.2 Å². The van der Waals surface area contributed by atoms with Crippen molar-refractivity contribution in [1.82, 2.24) is 14.9 Å². The van der Waals surface area contributed by atoms with Gasteiger partial charge in [-0.1, -0.05) is 12.5 Å². The lowest BCUT2D eigenvalue weighted by Gasteiger charge is -2.35. The summed E-state index contributed by atoms with van der Waals surface area (Å²) < 4.78 is 5.41. The van der Waals surface area contributed by atoms with E-state index in [0.717, 1.165) is 80.0 Å². The summed E-state index contributed by atoms with van der Waals surface area (Å²) in [6.45, 7) is 7.27. The zero-order valence-electron chi connectivity index (χ0n) is 19.6. The van der Waals surface area contributed by atoms with Gasteiger partial charge in [0.15, 0.2) is 0 Å². The number of hydrogen-bond acceptors (Lipinski definition) is 6. The van der Waals surface area contributed by atoms with Crippen LogP contribution in [0.15, 0.2) is 48.8 Å². The summed E-state index contributed by atoms with van der Waals surface area (Å²) in [7, 11) is 1.64. The topological polar surface area (TPSA) is 70.6 Å².